The molecule has 4 aromatic rings. The van der Waals surface area contributed by atoms with E-state index in [1.807, 2.05) is 30.1 Å². The standard InChI is InChI=1S/C19H16FN5OS2/c1-11-16(17-21-7-8-25(17)2)28-19(22-11)24-15(26)9-14-10-27-18(23-14)12-3-5-13(20)6-4-12/h3-8,10H,9H2,1-2H3,(H,22,24,26). The molecule has 0 atom stereocenters. The van der Waals surface area contributed by atoms with E-state index in [1.54, 1.807) is 18.3 Å². The fourth-order valence-electron chi connectivity index (χ4n) is 2.68. The fourth-order valence-corrected chi connectivity index (χ4v) is 4.53. The van der Waals surface area contributed by atoms with Gasteiger partial charge in [-0.25, -0.2) is 19.3 Å². The molecule has 0 spiro atoms. The molecule has 0 saturated carbocycles. The van der Waals surface area contributed by atoms with E-state index < -0.39 is 0 Å². The second-order valence-electron chi connectivity index (χ2n) is 6.17. The Morgan fingerprint density at radius 3 is 2.75 bits per heavy atom. The zero-order chi connectivity index (χ0) is 19.7. The average molecular weight is 414 g/mol. The molecule has 28 heavy (non-hydrogen) atoms. The minimum atomic E-state index is -0.288. The van der Waals surface area contributed by atoms with Crippen LogP contribution in [0.4, 0.5) is 9.52 Å². The Morgan fingerprint density at radius 1 is 1.25 bits per heavy atom. The van der Waals surface area contributed by atoms with Crippen LogP contribution >= 0.6 is 22.7 Å². The lowest BCUT2D eigenvalue weighted by Gasteiger charge is -1.99. The van der Waals surface area contributed by atoms with Gasteiger partial charge in [-0.15, -0.1) is 11.3 Å². The van der Waals surface area contributed by atoms with E-state index in [0.29, 0.717) is 10.8 Å². The number of hydrogen-bond acceptors (Lipinski definition) is 6. The summed E-state index contributed by atoms with van der Waals surface area (Å²) in [6.07, 6.45) is 3.75. The monoisotopic (exact) mass is 413 g/mol. The molecule has 0 radical (unpaired) electrons. The summed E-state index contributed by atoms with van der Waals surface area (Å²) in [7, 11) is 1.92. The second-order valence-corrected chi connectivity index (χ2v) is 8.03. The maximum atomic E-state index is 13.0. The number of carbonyl (C=O) groups excluding carboxylic acids is 1. The van der Waals surface area contributed by atoms with Crippen molar-refractivity contribution in [3.63, 3.8) is 0 Å². The van der Waals surface area contributed by atoms with Crippen LogP contribution in [0.3, 0.4) is 0 Å². The van der Waals surface area contributed by atoms with E-state index in [4.69, 9.17) is 0 Å². The highest BCUT2D eigenvalue weighted by Crippen LogP contribution is 2.31. The summed E-state index contributed by atoms with van der Waals surface area (Å²) < 4.78 is 15.0. The van der Waals surface area contributed by atoms with Gasteiger partial charge in [0.25, 0.3) is 0 Å². The number of rotatable bonds is 5. The van der Waals surface area contributed by atoms with Crippen LogP contribution in [0.5, 0.6) is 0 Å². The molecule has 0 fully saturated rings. The summed E-state index contributed by atoms with van der Waals surface area (Å²) in [5.74, 6) is 0.346. The van der Waals surface area contributed by atoms with Gasteiger partial charge in [-0.2, -0.15) is 0 Å². The minimum absolute atomic E-state index is 0.147. The number of anilines is 1. The number of thiazole rings is 2. The fraction of sp³-hybridized carbons (Fsp3) is 0.158. The molecule has 0 saturated heterocycles. The molecule has 6 nitrogen and oxygen atoms in total. The Kier molecular flexibility index (Phi) is 5.01. The molecule has 0 unspecified atom stereocenters. The number of aromatic nitrogens is 4. The lowest BCUT2D eigenvalue weighted by molar-refractivity contribution is -0.115. The van der Waals surface area contributed by atoms with Gasteiger partial charge in [0.05, 0.1) is 22.7 Å². The van der Waals surface area contributed by atoms with E-state index >= 15 is 0 Å². The first-order valence-corrected chi connectivity index (χ1v) is 10.1. The average Bonchev–Trinajstić information content (AvgIpc) is 3.36. The third-order valence-corrected chi connectivity index (χ3v) is 6.06. The first-order valence-electron chi connectivity index (χ1n) is 8.45. The number of halogens is 1. The zero-order valence-corrected chi connectivity index (χ0v) is 16.8. The number of imidazole rings is 1. The van der Waals surface area contributed by atoms with Gasteiger partial charge >= 0.3 is 0 Å². The predicted molar refractivity (Wildman–Crippen MR) is 109 cm³/mol. The molecule has 9 heteroatoms. The zero-order valence-electron chi connectivity index (χ0n) is 15.1. The molecule has 1 aromatic carbocycles. The van der Waals surface area contributed by atoms with Crippen LogP contribution in [0.25, 0.3) is 21.3 Å². The van der Waals surface area contributed by atoms with Crippen LogP contribution in [0, 0.1) is 12.7 Å². The maximum absolute atomic E-state index is 13.0. The van der Waals surface area contributed by atoms with Crippen LogP contribution in [0.15, 0.2) is 42.0 Å². The molecular formula is C19H16FN5OS2. The molecule has 1 N–H and O–H groups in total. The maximum Gasteiger partial charge on any atom is 0.232 e. The first-order chi connectivity index (χ1) is 13.5. The van der Waals surface area contributed by atoms with E-state index in [0.717, 1.165) is 27.0 Å². The van der Waals surface area contributed by atoms with E-state index in [9.17, 15) is 9.18 Å². The molecular weight excluding hydrogens is 397 g/mol. The molecule has 1 amide bonds. The summed E-state index contributed by atoms with van der Waals surface area (Å²) >= 11 is 2.82. The van der Waals surface area contributed by atoms with Crippen molar-refractivity contribution < 1.29 is 9.18 Å². The quantitative estimate of drug-likeness (QED) is 0.530. The van der Waals surface area contributed by atoms with Crippen molar-refractivity contribution in [3.8, 4) is 21.3 Å². The molecule has 0 aliphatic heterocycles. The highest BCUT2D eigenvalue weighted by Gasteiger charge is 2.16. The molecule has 142 valence electrons. The summed E-state index contributed by atoms with van der Waals surface area (Å²) in [4.78, 5) is 26.6. The van der Waals surface area contributed by atoms with Crippen LogP contribution in [-0.4, -0.2) is 25.4 Å². The number of carbonyl (C=O) groups is 1. The number of hydrogen-bond donors (Lipinski definition) is 1. The van der Waals surface area contributed by atoms with Gasteiger partial charge in [-0.05, 0) is 31.2 Å². The van der Waals surface area contributed by atoms with E-state index in [2.05, 4.69) is 20.3 Å². The van der Waals surface area contributed by atoms with Gasteiger partial charge in [0, 0.05) is 30.4 Å². The van der Waals surface area contributed by atoms with Crippen molar-refractivity contribution >= 4 is 33.7 Å². The third-order valence-electron chi connectivity index (χ3n) is 4.05. The Hall–Kier alpha value is -2.91. The Labute approximate surface area is 168 Å². The summed E-state index contributed by atoms with van der Waals surface area (Å²) in [6, 6.07) is 6.14. The van der Waals surface area contributed by atoms with Gasteiger partial charge in [-0.1, -0.05) is 11.3 Å². The molecule has 3 aromatic heterocycles. The van der Waals surface area contributed by atoms with Crippen molar-refractivity contribution in [1.82, 2.24) is 19.5 Å². The Balaban J connectivity index is 1.44. The number of aryl methyl sites for hydroxylation is 2. The number of benzene rings is 1. The first kappa shape index (κ1) is 18.5. The molecule has 0 aliphatic carbocycles. The highest BCUT2D eigenvalue weighted by molar-refractivity contribution is 7.19. The third kappa shape index (κ3) is 3.85. The van der Waals surface area contributed by atoms with Gasteiger partial charge < -0.3 is 9.88 Å². The summed E-state index contributed by atoms with van der Waals surface area (Å²) in [5.41, 5.74) is 2.31. The Bertz CT molecular complexity index is 1130. The lowest BCUT2D eigenvalue weighted by Crippen LogP contribution is -2.14. The van der Waals surface area contributed by atoms with Crippen LogP contribution in [-0.2, 0) is 18.3 Å². The second kappa shape index (κ2) is 7.61. The lowest BCUT2D eigenvalue weighted by atomic mass is 10.2. The SMILES string of the molecule is Cc1nc(NC(=O)Cc2csc(-c3ccc(F)cc3)n2)sc1-c1nccn1C. The normalized spacial score (nSPS) is 11.0. The number of nitrogens with one attached hydrogen (secondary N) is 1. The largest absolute Gasteiger partial charge is 0.333 e. The number of nitrogens with zero attached hydrogens (tertiary/aromatic N) is 4. The van der Waals surface area contributed by atoms with Gasteiger partial charge in [0.1, 0.15) is 10.8 Å². The highest BCUT2D eigenvalue weighted by atomic mass is 32.1. The van der Waals surface area contributed by atoms with Crippen molar-refractivity contribution in [2.75, 3.05) is 5.32 Å². The Morgan fingerprint density at radius 2 is 2.04 bits per heavy atom. The molecule has 3 heterocycles. The summed E-state index contributed by atoms with van der Waals surface area (Å²) in [6.45, 7) is 1.89. The smallest absolute Gasteiger partial charge is 0.232 e. The number of amides is 1. The van der Waals surface area contributed by atoms with Crippen LogP contribution in [0.1, 0.15) is 11.4 Å². The summed E-state index contributed by atoms with van der Waals surface area (Å²) in [5, 5.41) is 5.97. The van der Waals surface area contributed by atoms with Gasteiger partial charge in [0.15, 0.2) is 11.0 Å². The van der Waals surface area contributed by atoms with Crippen molar-refractivity contribution in [2.45, 2.75) is 13.3 Å². The van der Waals surface area contributed by atoms with E-state index in [1.165, 1.54) is 34.8 Å². The molecule has 0 aliphatic rings. The van der Waals surface area contributed by atoms with Gasteiger partial charge in [0.2, 0.25) is 5.91 Å². The van der Waals surface area contributed by atoms with Crippen LogP contribution in [0.2, 0.25) is 0 Å². The molecule has 0 bridgehead atoms. The minimum Gasteiger partial charge on any atom is -0.333 e. The predicted octanol–water partition coefficient (Wildman–Crippen LogP) is 4.30. The van der Waals surface area contributed by atoms with Crippen molar-refractivity contribution in [2.24, 2.45) is 7.05 Å². The van der Waals surface area contributed by atoms with Gasteiger partial charge in [-0.3, -0.25) is 4.79 Å². The van der Waals surface area contributed by atoms with Crippen LogP contribution < -0.4 is 5.32 Å². The topological polar surface area (TPSA) is 72.7 Å². The van der Waals surface area contributed by atoms with E-state index in [-0.39, 0.29) is 18.1 Å². The molecule has 4 rings (SSSR count). The van der Waals surface area contributed by atoms with Crippen molar-refractivity contribution in [3.05, 3.63) is 59.2 Å². The van der Waals surface area contributed by atoms with Crippen molar-refractivity contribution in [1.29, 1.82) is 0 Å².